The molecular formula is C14H22N2. The number of rotatable bonds is 7. The maximum Gasteiger partial charge on any atom is 0.0419 e. The van der Waals surface area contributed by atoms with Crippen molar-refractivity contribution in [3.8, 4) is 0 Å². The molecular weight excluding hydrogens is 196 g/mol. The highest BCUT2D eigenvalue weighted by atomic mass is 14.9. The second-order valence-electron chi connectivity index (χ2n) is 4.34. The third kappa shape index (κ3) is 5.08. The van der Waals surface area contributed by atoms with E-state index in [-0.39, 0.29) is 0 Å². The molecule has 0 aromatic carbocycles. The van der Waals surface area contributed by atoms with Crippen LogP contribution in [0.15, 0.2) is 36.5 Å². The van der Waals surface area contributed by atoms with Crippen molar-refractivity contribution in [2.45, 2.75) is 39.2 Å². The molecule has 1 unspecified atom stereocenters. The number of hydrogen-bond donors (Lipinski definition) is 1. The highest BCUT2D eigenvalue weighted by Gasteiger charge is 2.09. The first-order valence-corrected chi connectivity index (χ1v) is 6.00. The Morgan fingerprint density at radius 3 is 2.88 bits per heavy atom. The van der Waals surface area contributed by atoms with Crippen LogP contribution in [0.25, 0.3) is 0 Å². The van der Waals surface area contributed by atoms with Crippen molar-refractivity contribution in [2.24, 2.45) is 0 Å². The molecule has 16 heavy (non-hydrogen) atoms. The van der Waals surface area contributed by atoms with Gasteiger partial charge in [-0.1, -0.05) is 18.6 Å². The normalized spacial score (nSPS) is 12.4. The molecule has 0 bridgehead atoms. The molecule has 1 aromatic heterocycles. The van der Waals surface area contributed by atoms with Crippen molar-refractivity contribution in [3.05, 3.63) is 42.2 Å². The highest BCUT2D eigenvalue weighted by Crippen LogP contribution is 2.08. The maximum atomic E-state index is 4.36. The van der Waals surface area contributed by atoms with Crippen LogP contribution in [-0.4, -0.2) is 17.6 Å². The van der Waals surface area contributed by atoms with Gasteiger partial charge in [-0.15, -0.1) is 6.58 Å². The van der Waals surface area contributed by atoms with E-state index in [9.17, 15) is 0 Å². The SMILES string of the molecule is C=C(C)CC(Cc1ccccn1)NCCC. The number of nitrogens with zero attached hydrogens (tertiary/aromatic N) is 1. The maximum absolute atomic E-state index is 4.36. The van der Waals surface area contributed by atoms with E-state index in [1.807, 2.05) is 18.3 Å². The lowest BCUT2D eigenvalue weighted by Crippen LogP contribution is -2.32. The van der Waals surface area contributed by atoms with Gasteiger partial charge in [-0.3, -0.25) is 4.98 Å². The summed E-state index contributed by atoms with van der Waals surface area (Å²) < 4.78 is 0. The predicted octanol–water partition coefficient (Wildman–Crippen LogP) is 2.96. The molecule has 1 N–H and O–H groups in total. The molecule has 0 saturated heterocycles. The van der Waals surface area contributed by atoms with Gasteiger partial charge >= 0.3 is 0 Å². The molecule has 0 fully saturated rings. The van der Waals surface area contributed by atoms with Crippen LogP contribution in [0.2, 0.25) is 0 Å². The van der Waals surface area contributed by atoms with Crippen molar-refractivity contribution in [2.75, 3.05) is 6.54 Å². The Hall–Kier alpha value is -1.15. The number of nitrogens with one attached hydrogen (secondary N) is 1. The molecule has 2 heteroatoms. The first-order valence-electron chi connectivity index (χ1n) is 6.00. The second kappa shape index (κ2) is 7.18. The Morgan fingerprint density at radius 2 is 2.31 bits per heavy atom. The molecule has 0 saturated carbocycles. The summed E-state index contributed by atoms with van der Waals surface area (Å²) in [5.74, 6) is 0. The molecule has 88 valence electrons. The van der Waals surface area contributed by atoms with Gasteiger partial charge in [0.1, 0.15) is 0 Å². The van der Waals surface area contributed by atoms with Gasteiger partial charge in [0.05, 0.1) is 0 Å². The lowest BCUT2D eigenvalue weighted by Gasteiger charge is -2.18. The van der Waals surface area contributed by atoms with Gasteiger partial charge in [-0.25, -0.2) is 0 Å². The summed E-state index contributed by atoms with van der Waals surface area (Å²) in [5.41, 5.74) is 2.38. The van der Waals surface area contributed by atoms with Crippen LogP contribution < -0.4 is 5.32 Å². The third-order valence-electron chi connectivity index (χ3n) is 2.46. The van der Waals surface area contributed by atoms with E-state index < -0.39 is 0 Å². The van der Waals surface area contributed by atoms with E-state index in [2.05, 4.69) is 36.8 Å². The molecule has 1 atom stereocenters. The first-order chi connectivity index (χ1) is 7.72. The Labute approximate surface area is 98.8 Å². The van der Waals surface area contributed by atoms with Crippen LogP contribution in [0, 0.1) is 0 Å². The third-order valence-corrected chi connectivity index (χ3v) is 2.46. The molecule has 1 aromatic rings. The van der Waals surface area contributed by atoms with E-state index in [0.717, 1.165) is 31.5 Å². The molecule has 0 spiro atoms. The van der Waals surface area contributed by atoms with Gasteiger partial charge in [0.15, 0.2) is 0 Å². The summed E-state index contributed by atoms with van der Waals surface area (Å²) in [6.45, 7) is 9.31. The number of aromatic nitrogens is 1. The van der Waals surface area contributed by atoms with Crippen LogP contribution in [-0.2, 0) is 6.42 Å². The van der Waals surface area contributed by atoms with Gasteiger partial charge in [0.2, 0.25) is 0 Å². The van der Waals surface area contributed by atoms with Crippen molar-refractivity contribution in [3.63, 3.8) is 0 Å². The average Bonchev–Trinajstić information content (AvgIpc) is 2.26. The topological polar surface area (TPSA) is 24.9 Å². The standard InChI is InChI=1S/C14H22N2/c1-4-8-15-14(10-12(2)3)11-13-7-5-6-9-16-13/h5-7,9,14-15H,2,4,8,10-11H2,1,3H3. The highest BCUT2D eigenvalue weighted by molar-refractivity contribution is 5.07. The van der Waals surface area contributed by atoms with Crippen molar-refractivity contribution in [1.82, 2.24) is 10.3 Å². The van der Waals surface area contributed by atoms with Gasteiger partial charge in [-0.2, -0.15) is 0 Å². The zero-order valence-electron chi connectivity index (χ0n) is 10.4. The Bertz CT molecular complexity index is 306. The summed E-state index contributed by atoms with van der Waals surface area (Å²) >= 11 is 0. The van der Waals surface area contributed by atoms with Gasteiger partial charge in [-0.05, 0) is 38.4 Å². The lowest BCUT2D eigenvalue weighted by molar-refractivity contribution is 0.499. The average molecular weight is 218 g/mol. The minimum absolute atomic E-state index is 0.465. The predicted molar refractivity (Wildman–Crippen MR) is 69.5 cm³/mol. The Balaban J connectivity index is 2.52. The van der Waals surface area contributed by atoms with Gasteiger partial charge in [0.25, 0.3) is 0 Å². The smallest absolute Gasteiger partial charge is 0.0419 e. The van der Waals surface area contributed by atoms with Crippen LogP contribution >= 0.6 is 0 Å². The summed E-state index contributed by atoms with van der Waals surface area (Å²) in [4.78, 5) is 4.36. The molecule has 1 heterocycles. The summed E-state index contributed by atoms with van der Waals surface area (Å²) in [5, 5.41) is 3.55. The minimum Gasteiger partial charge on any atom is -0.313 e. The van der Waals surface area contributed by atoms with E-state index in [1.165, 1.54) is 5.57 Å². The van der Waals surface area contributed by atoms with Crippen molar-refractivity contribution < 1.29 is 0 Å². The van der Waals surface area contributed by atoms with Crippen molar-refractivity contribution in [1.29, 1.82) is 0 Å². The van der Waals surface area contributed by atoms with Gasteiger partial charge in [0, 0.05) is 24.4 Å². The molecule has 0 aliphatic heterocycles. The van der Waals surface area contributed by atoms with E-state index in [4.69, 9.17) is 0 Å². The van der Waals surface area contributed by atoms with Crippen molar-refractivity contribution >= 4 is 0 Å². The monoisotopic (exact) mass is 218 g/mol. The number of pyridine rings is 1. The van der Waals surface area contributed by atoms with Crippen LogP contribution in [0.1, 0.15) is 32.4 Å². The summed E-state index contributed by atoms with van der Waals surface area (Å²) in [6.07, 6.45) is 5.02. The molecule has 0 amide bonds. The largest absolute Gasteiger partial charge is 0.313 e. The molecule has 1 rings (SSSR count). The number of hydrogen-bond acceptors (Lipinski definition) is 2. The molecule has 2 nitrogen and oxygen atoms in total. The quantitative estimate of drug-likeness (QED) is 0.712. The second-order valence-corrected chi connectivity index (χ2v) is 4.34. The minimum atomic E-state index is 0.465. The zero-order valence-corrected chi connectivity index (χ0v) is 10.4. The first kappa shape index (κ1) is 12.9. The lowest BCUT2D eigenvalue weighted by atomic mass is 10.0. The summed E-state index contributed by atoms with van der Waals surface area (Å²) in [7, 11) is 0. The van der Waals surface area contributed by atoms with E-state index >= 15 is 0 Å². The van der Waals surface area contributed by atoms with Crippen LogP contribution in [0.4, 0.5) is 0 Å². The fourth-order valence-corrected chi connectivity index (χ4v) is 1.76. The fraction of sp³-hybridized carbons (Fsp3) is 0.500. The zero-order chi connectivity index (χ0) is 11.8. The van der Waals surface area contributed by atoms with Gasteiger partial charge < -0.3 is 5.32 Å². The molecule has 0 aliphatic rings. The molecule has 0 radical (unpaired) electrons. The van der Waals surface area contributed by atoms with Crippen LogP contribution in [0.3, 0.4) is 0 Å². The Morgan fingerprint density at radius 1 is 1.50 bits per heavy atom. The Kier molecular flexibility index (Phi) is 5.79. The van der Waals surface area contributed by atoms with E-state index in [0.29, 0.717) is 6.04 Å². The van der Waals surface area contributed by atoms with E-state index in [1.54, 1.807) is 0 Å². The van der Waals surface area contributed by atoms with Crippen LogP contribution in [0.5, 0.6) is 0 Å². The molecule has 0 aliphatic carbocycles. The fourth-order valence-electron chi connectivity index (χ4n) is 1.76. The summed E-state index contributed by atoms with van der Waals surface area (Å²) in [6, 6.07) is 6.54.